The van der Waals surface area contributed by atoms with Crippen LogP contribution in [0.3, 0.4) is 0 Å². The summed E-state index contributed by atoms with van der Waals surface area (Å²) >= 11 is 1.41. The summed E-state index contributed by atoms with van der Waals surface area (Å²) in [5, 5.41) is 10.6. The summed E-state index contributed by atoms with van der Waals surface area (Å²) in [6, 6.07) is 9.73. The summed E-state index contributed by atoms with van der Waals surface area (Å²) in [5.41, 5.74) is 0. The molecule has 0 fully saturated rings. The van der Waals surface area contributed by atoms with E-state index in [1.165, 1.54) is 23.6 Å². The van der Waals surface area contributed by atoms with Gasteiger partial charge in [0.1, 0.15) is 0 Å². The Morgan fingerprint density at radius 3 is 2.79 bits per heavy atom. The first-order chi connectivity index (χ1) is 9.13. The van der Waals surface area contributed by atoms with E-state index in [1.54, 1.807) is 18.2 Å². The highest BCUT2D eigenvalue weighted by atomic mass is 32.2. The predicted octanol–water partition coefficient (Wildman–Crippen LogP) is 2.08. The molecule has 0 amide bonds. The number of hydrogen-bond donors (Lipinski definition) is 1. The fourth-order valence-corrected chi connectivity index (χ4v) is 3.55. The van der Waals surface area contributed by atoms with Crippen molar-refractivity contribution in [3.05, 3.63) is 46.8 Å². The number of thiophene rings is 1. The molecule has 0 aliphatic carbocycles. The maximum atomic E-state index is 12.1. The normalized spacial score (nSPS) is 12.8. The molecular weight excluding hydrogens is 282 g/mol. The van der Waals surface area contributed by atoms with E-state index in [4.69, 9.17) is 5.26 Å². The smallest absolute Gasteiger partial charge is 0.243 e. The maximum Gasteiger partial charge on any atom is 0.258 e. The van der Waals surface area contributed by atoms with Crippen LogP contribution < -0.4 is 4.72 Å². The van der Waals surface area contributed by atoms with Gasteiger partial charge in [-0.25, -0.2) is 18.1 Å². The first-order valence-electron chi connectivity index (χ1n) is 5.47. The van der Waals surface area contributed by atoms with Gasteiger partial charge in [0.05, 0.1) is 18.5 Å². The fourth-order valence-electron chi connectivity index (χ4n) is 1.53. The fraction of sp³-hybridized carbons (Fsp3) is 0.167. The van der Waals surface area contributed by atoms with Crippen molar-refractivity contribution in [2.24, 2.45) is 0 Å². The van der Waals surface area contributed by atoms with E-state index in [2.05, 4.69) is 9.71 Å². The second-order valence-corrected chi connectivity index (χ2v) is 6.36. The van der Waals surface area contributed by atoms with Gasteiger partial charge in [0.25, 0.3) is 10.0 Å². The van der Waals surface area contributed by atoms with Crippen molar-refractivity contribution in [3.63, 3.8) is 0 Å². The van der Waals surface area contributed by atoms with Crippen LogP contribution in [-0.2, 0) is 10.0 Å². The first kappa shape index (κ1) is 13.7. The van der Waals surface area contributed by atoms with Crippen molar-refractivity contribution < 1.29 is 8.42 Å². The minimum Gasteiger partial charge on any atom is -0.243 e. The molecule has 7 heteroatoms. The summed E-state index contributed by atoms with van der Waals surface area (Å²) in [7, 11) is -3.71. The van der Waals surface area contributed by atoms with E-state index in [-0.39, 0.29) is 11.4 Å². The molecule has 2 aromatic heterocycles. The van der Waals surface area contributed by atoms with Gasteiger partial charge in [-0.1, -0.05) is 12.1 Å². The maximum absolute atomic E-state index is 12.1. The van der Waals surface area contributed by atoms with Crippen LogP contribution in [-0.4, -0.2) is 13.4 Å². The van der Waals surface area contributed by atoms with Gasteiger partial charge in [-0.3, -0.25) is 0 Å². The topological polar surface area (TPSA) is 82.9 Å². The van der Waals surface area contributed by atoms with E-state index in [1.807, 2.05) is 17.5 Å². The van der Waals surface area contributed by atoms with Gasteiger partial charge >= 0.3 is 0 Å². The molecule has 2 aromatic rings. The van der Waals surface area contributed by atoms with E-state index in [0.29, 0.717) is 0 Å². The number of nitrogens with one attached hydrogen (secondary N) is 1. The highest BCUT2D eigenvalue weighted by Gasteiger charge is 2.22. The Bertz CT molecular complexity index is 661. The highest BCUT2D eigenvalue weighted by molar-refractivity contribution is 7.89. The largest absolute Gasteiger partial charge is 0.258 e. The predicted molar refractivity (Wildman–Crippen MR) is 71.8 cm³/mol. The van der Waals surface area contributed by atoms with Crippen LogP contribution in [0.1, 0.15) is 17.3 Å². The van der Waals surface area contributed by atoms with Crippen molar-refractivity contribution in [2.45, 2.75) is 17.5 Å². The summed E-state index contributed by atoms with van der Waals surface area (Å²) < 4.78 is 26.8. The number of nitrogens with zero attached hydrogens (tertiary/aromatic N) is 2. The lowest BCUT2D eigenvalue weighted by molar-refractivity contribution is 0.557. The second-order valence-electron chi connectivity index (χ2n) is 3.72. The monoisotopic (exact) mass is 293 g/mol. The minimum atomic E-state index is -3.71. The van der Waals surface area contributed by atoms with Gasteiger partial charge in [0.15, 0.2) is 5.03 Å². The summed E-state index contributed by atoms with van der Waals surface area (Å²) in [6.07, 6.45) is 1.49. The molecule has 2 rings (SSSR count). The zero-order valence-electron chi connectivity index (χ0n) is 9.85. The average Bonchev–Trinajstić information content (AvgIpc) is 2.93. The van der Waals surface area contributed by atoms with Crippen LogP contribution in [0.2, 0.25) is 0 Å². The number of nitriles is 1. The van der Waals surface area contributed by atoms with Crippen LogP contribution in [0.4, 0.5) is 0 Å². The zero-order valence-corrected chi connectivity index (χ0v) is 11.5. The lowest BCUT2D eigenvalue weighted by Gasteiger charge is -2.14. The summed E-state index contributed by atoms with van der Waals surface area (Å²) in [5.74, 6) is 0. The lowest BCUT2D eigenvalue weighted by atomic mass is 10.2. The Morgan fingerprint density at radius 2 is 2.21 bits per heavy atom. The number of rotatable bonds is 5. The molecule has 5 nitrogen and oxygen atoms in total. The minimum absolute atomic E-state index is 0.0468. The van der Waals surface area contributed by atoms with Crippen molar-refractivity contribution in [1.29, 1.82) is 5.26 Å². The molecule has 2 heterocycles. The molecule has 0 unspecified atom stereocenters. The third-order valence-corrected chi connectivity index (χ3v) is 4.77. The standard InChI is InChI=1S/C12H11N3O2S2/c13-7-6-10(11-4-3-9-18-11)15-19(16,17)12-5-1-2-8-14-12/h1-5,8-10,15H,6H2/t10-/m1/s1. The molecule has 0 aliphatic heterocycles. The number of aromatic nitrogens is 1. The van der Waals surface area contributed by atoms with Crippen molar-refractivity contribution in [3.8, 4) is 6.07 Å². The molecule has 98 valence electrons. The van der Waals surface area contributed by atoms with Crippen LogP contribution in [0.5, 0.6) is 0 Å². The first-order valence-corrected chi connectivity index (χ1v) is 7.83. The number of hydrogen-bond acceptors (Lipinski definition) is 5. The Morgan fingerprint density at radius 1 is 1.37 bits per heavy atom. The Hall–Kier alpha value is -1.75. The van der Waals surface area contributed by atoms with Gasteiger partial charge in [-0.05, 0) is 23.6 Å². The highest BCUT2D eigenvalue weighted by Crippen LogP contribution is 2.23. The molecule has 1 atom stereocenters. The molecule has 19 heavy (non-hydrogen) atoms. The third kappa shape index (κ3) is 3.38. The van der Waals surface area contributed by atoms with Gasteiger partial charge in [-0.2, -0.15) is 5.26 Å². The molecule has 0 saturated heterocycles. The molecule has 1 N–H and O–H groups in total. The van der Waals surface area contributed by atoms with E-state index < -0.39 is 16.1 Å². The zero-order chi connectivity index (χ0) is 13.7. The van der Waals surface area contributed by atoms with Gasteiger partial charge in [0, 0.05) is 11.1 Å². The van der Waals surface area contributed by atoms with E-state index >= 15 is 0 Å². The van der Waals surface area contributed by atoms with Crippen molar-refractivity contribution in [1.82, 2.24) is 9.71 Å². The summed E-state index contributed by atoms with van der Waals surface area (Å²) in [6.45, 7) is 0. The average molecular weight is 293 g/mol. The molecular formula is C12H11N3O2S2. The molecule has 0 bridgehead atoms. The molecule has 0 radical (unpaired) electrons. The Labute approximate surface area is 115 Å². The van der Waals surface area contributed by atoms with Crippen molar-refractivity contribution in [2.75, 3.05) is 0 Å². The van der Waals surface area contributed by atoms with Crippen LogP contribution in [0.15, 0.2) is 46.9 Å². The molecule has 0 aromatic carbocycles. The molecule has 0 aliphatic rings. The van der Waals surface area contributed by atoms with Gasteiger partial charge in [0.2, 0.25) is 0 Å². The number of sulfonamides is 1. The van der Waals surface area contributed by atoms with Crippen LogP contribution in [0.25, 0.3) is 0 Å². The van der Waals surface area contributed by atoms with Gasteiger partial charge in [-0.15, -0.1) is 11.3 Å². The van der Waals surface area contributed by atoms with Gasteiger partial charge < -0.3 is 0 Å². The summed E-state index contributed by atoms with van der Waals surface area (Å²) in [4.78, 5) is 4.62. The Kier molecular flexibility index (Phi) is 4.27. The van der Waals surface area contributed by atoms with E-state index in [9.17, 15) is 8.42 Å². The molecule has 0 saturated carbocycles. The SMILES string of the molecule is N#CC[C@@H](NS(=O)(=O)c1ccccn1)c1cccs1. The van der Waals surface area contributed by atoms with Crippen LogP contribution >= 0.6 is 11.3 Å². The van der Waals surface area contributed by atoms with Crippen molar-refractivity contribution >= 4 is 21.4 Å². The lowest BCUT2D eigenvalue weighted by Crippen LogP contribution is -2.28. The quantitative estimate of drug-likeness (QED) is 0.914. The Balaban J connectivity index is 2.25. The molecule has 0 spiro atoms. The second kappa shape index (κ2) is 5.93. The third-order valence-electron chi connectivity index (χ3n) is 2.39. The van der Waals surface area contributed by atoms with E-state index in [0.717, 1.165) is 4.88 Å². The number of pyridine rings is 1. The van der Waals surface area contributed by atoms with Crippen LogP contribution in [0, 0.1) is 11.3 Å².